The molecule has 17 heavy (non-hydrogen) atoms. The third-order valence-corrected chi connectivity index (χ3v) is 3.85. The zero-order valence-corrected chi connectivity index (χ0v) is 10.2. The first kappa shape index (κ1) is 12.5. The van der Waals surface area contributed by atoms with E-state index in [1.165, 1.54) is 11.3 Å². The highest BCUT2D eigenvalue weighted by Gasteiger charge is 2.22. The highest BCUT2D eigenvalue weighted by Crippen LogP contribution is 2.20. The van der Waals surface area contributed by atoms with Gasteiger partial charge in [-0.05, 0) is 12.1 Å². The van der Waals surface area contributed by atoms with E-state index in [2.05, 4.69) is 4.90 Å². The molecule has 1 atom stereocenters. The molecule has 0 bridgehead atoms. The Balaban J connectivity index is 2.00. The molecule has 2 N–H and O–H groups in total. The first-order valence-electron chi connectivity index (χ1n) is 5.45. The summed E-state index contributed by atoms with van der Waals surface area (Å²) in [5, 5.41) is 18.1. The molecule has 94 valence electrons. The molecular weight excluding hydrogens is 242 g/mol. The quantitative estimate of drug-likeness (QED) is 0.828. The molecule has 1 fully saturated rings. The standard InChI is InChI=1S/C11H15NO4S/c13-6-8-7-16-4-3-12(8)5-9-1-2-10(17-9)11(14)15/h1-2,8,13H,3-7H2,(H,14,15). The molecule has 0 saturated carbocycles. The largest absolute Gasteiger partial charge is 0.477 e. The summed E-state index contributed by atoms with van der Waals surface area (Å²) in [6.45, 7) is 2.70. The summed E-state index contributed by atoms with van der Waals surface area (Å²) in [7, 11) is 0. The molecular formula is C11H15NO4S. The van der Waals surface area contributed by atoms with E-state index in [-0.39, 0.29) is 12.6 Å². The molecule has 1 aromatic rings. The van der Waals surface area contributed by atoms with Crippen LogP contribution in [-0.4, -0.2) is 53.5 Å². The van der Waals surface area contributed by atoms with Crippen molar-refractivity contribution in [2.45, 2.75) is 12.6 Å². The molecule has 1 aliphatic heterocycles. The van der Waals surface area contributed by atoms with Crippen molar-refractivity contribution in [2.75, 3.05) is 26.4 Å². The van der Waals surface area contributed by atoms with Crippen LogP contribution in [0.1, 0.15) is 14.5 Å². The highest BCUT2D eigenvalue weighted by molar-refractivity contribution is 7.13. The van der Waals surface area contributed by atoms with E-state index in [1.807, 2.05) is 6.07 Å². The Morgan fingerprint density at radius 3 is 3.06 bits per heavy atom. The van der Waals surface area contributed by atoms with Crippen molar-refractivity contribution in [2.24, 2.45) is 0 Å². The number of carboxylic acid groups (broad SMARTS) is 1. The van der Waals surface area contributed by atoms with Gasteiger partial charge in [0, 0.05) is 18.0 Å². The third-order valence-electron chi connectivity index (χ3n) is 2.79. The van der Waals surface area contributed by atoms with Crippen molar-refractivity contribution in [3.8, 4) is 0 Å². The van der Waals surface area contributed by atoms with E-state index in [4.69, 9.17) is 9.84 Å². The Morgan fingerprint density at radius 2 is 2.41 bits per heavy atom. The van der Waals surface area contributed by atoms with Gasteiger partial charge in [0.2, 0.25) is 0 Å². The van der Waals surface area contributed by atoms with Crippen LogP contribution in [0.4, 0.5) is 0 Å². The Kier molecular flexibility index (Phi) is 4.11. The SMILES string of the molecule is O=C(O)c1ccc(CN2CCOCC2CO)s1. The number of aliphatic hydroxyl groups excluding tert-OH is 1. The highest BCUT2D eigenvalue weighted by atomic mass is 32.1. The number of rotatable bonds is 4. The van der Waals surface area contributed by atoms with Gasteiger partial charge in [0.15, 0.2) is 0 Å². The molecule has 6 heteroatoms. The van der Waals surface area contributed by atoms with Crippen LogP contribution in [0.5, 0.6) is 0 Å². The number of nitrogens with zero attached hydrogens (tertiary/aromatic N) is 1. The second-order valence-corrected chi connectivity index (χ2v) is 5.12. The molecule has 0 radical (unpaired) electrons. The average Bonchev–Trinajstić information content (AvgIpc) is 2.78. The normalized spacial score (nSPS) is 21.6. The van der Waals surface area contributed by atoms with Gasteiger partial charge in [-0.1, -0.05) is 0 Å². The number of carbonyl (C=O) groups is 1. The number of carboxylic acids is 1. The van der Waals surface area contributed by atoms with Gasteiger partial charge in [-0.25, -0.2) is 4.79 Å². The minimum atomic E-state index is -0.887. The van der Waals surface area contributed by atoms with E-state index in [0.717, 1.165) is 11.4 Å². The van der Waals surface area contributed by atoms with Gasteiger partial charge in [0.05, 0.1) is 25.9 Å². The monoisotopic (exact) mass is 257 g/mol. The van der Waals surface area contributed by atoms with Crippen LogP contribution in [0.25, 0.3) is 0 Å². The average molecular weight is 257 g/mol. The maximum absolute atomic E-state index is 10.8. The summed E-state index contributed by atoms with van der Waals surface area (Å²) in [6, 6.07) is 3.47. The van der Waals surface area contributed by atoms with E-state index < -0.39 is 5.97 Å². The lowest BCUT2D eigenvalue weighted by Crippen LogP contribution is -2.46. The summed E-state index contributed by atoms with van der Waals surface area (Å²) < 4.78 is 5.29. The molecule has 1 aliphatic rings. The summed E-state index contributed by atoms with van der Waals surface area (Å²) in [5.74, 6) is -0.887. The van der Waals surface area contributed by atoms with Crippen molar-refractivity contribution >= 4 is 17.3 Å². The molecule has 1 unspecified atom stereocenters. The fourth-order valence-electron chi connectivity index (χ4n) is 1.84. The molecule has 0 spiro atoms. The van der Waals surface area contributed by atoms with Crippen LogP contribution in [0, 0.1) is 0 Å². The molecule has 1 saturated heterocycles. The van der Waals surface area contributed by atoms with E-state index in [0.29, 0.717) is 24.6 Å². The van der Waals surface area contributed by atoms with Crippen molar-refractivity contribution < 1.29 is 19.7 Å². The Morgan fingerprint density at radius 1 is 1.59 bits per heavy atom. The lowest BCUT2D eigenvalue weighted by Gasteiger charge is -2.33. The zero-order chi connectivity index (χ0) is 12.3. The van der Waals surface area contributed by atoms with Crippen LogP contribution >= 0.6 is 11.3 Å². The van der Waals surface area contributed by atoms with Crippen molar-refractivity contribution in [1.82, 2.24) is 4.90 Å². The summed E-state index contributed by atoms with van der Waals surface area (Å²) >= 11 is 1.28. The topological polar surface area (TPSA) is 70.0 Å². The number of hydrogen-bond donors (Lipinski definition) is 2. The first-order valence-corrected chi connectivity index (χ1v) is 6.27. The lowest BCUT2D eigenvalue weighted by molar-refractivity contribution is -0.0308. The Hall–Kier alpha value is -0.950. The summed E-state index contributed by atoms with van der Waals surface area (Å²) in [6.07, 6.45) is 0. The van der Waals surface area contributed by atoms with Crippen LogP contribution < -0.4 is 0 Å². The van der Waals surface area contributed by atoms with Gasteiger partial charge in [0.1, 0.15) is 4.88 Å². The molecule has 0 aromatic carbocycles. The first-order chi connectivity index (χ1) is 8.20. The lowest BCUT2D eigenvalue weighted by atomic mass is 10.2. The maximum Gasteiger partial charge on any atom is 0.345 e. The van der Waals surface area contributed by atoms with Gasteiger partial charge in [-0.2, -0.15) is 0 Å². The molecule has 2 rings (SSSR count). The van der Waals surface area contributed by atoms with Gasteiger partial charge >= 0.3 is 5.97 Å². The molecule has 0 aliphatic carbocycles. The maximum atomic E-state index is 10.8. The second kappa shape index (κ2) is 5.59. The van der Waals surface area contributed by atoms with Gasteiger partial charge < -0.3 is 14.9 Å². The zero-order valence-electron chi connectivity index (χ0n) is 9.33. The fraction of sp³-hybridized carbons (Fsp3) is 0.545. The fourth-order valence-corrected chi connectivity index (χ4v) is 2.72. The van der Waals surface area contributed by atoms with E-state index in [9.17, 15) is 9.90 Å². The molecule has 0 amide bonds. The van der Waals surface area contributed by atoms with Gasteiger partial charge in [-0.3, -0.25) is 4.90 Å². The van der Waals surface area contributed by atoms with Crippen molar-refractivity contribution in [3.63, 3.8) is 0 Å². The predicted molar refractivity (Wildman–Crippen MR) is 63.4 cm³/mol. The van der Waals surface area contributed by atoms with Crippen molar-refractivity contribution in [3.05, 3.63) is 21.9 Å². The van der Waals surface area contributed by atoms with E-state index in [1.54, 1.807) is 6.07 Å². The van der Waals surface area contributed by atoms with Crippen LogP contribution in [-0.2, 0) is 11.3 Å². The molecule has 1 aromatic heterocycles. The number of ether oxygens (including phenoxy) is 1. The number of morpholine rings is 1. The predicted octanol–water partition coefficient (Wildman–Crippen LogP) is 0.639. The van der Waals surface area contributed by atoms with Crippen LogP contribution in [0.3, 0.4) is 0 Å². The minimum Gasteiger partial charge on any atom is -0.477 e. The van der Waals surface area contributed by atoms with Crippen LogP contribution in [0.15, 0.2) is 12.1 Å². The van der Waals surface area contributed by atoms with Crippen molar-refractivity contribution in [1.29, 1.82) is 0 Å². The number of aromatic carboxylic acids is 1. The number of aliphatic hydroxyl groups is 1. The third kappa shape index (κ3) is 3.04. The second-order valence-electron chi connectivity index (χ2n) is 3.95. The Labute approximate surface area is 103 Å². The minimum absolute atomic E-state index is 0.0131. The van der Waals surface area contributed by atoms with Crippen LogP contribution in [0.2, 0.25) is 0 Å². The summed E-state index contributed by atoms with van der Waals surface area (Å²) in [5.41, 5.74) is 0. The summed E-state index contributed by atoms with van der Waals surface area (Å²) in [4.78, 5) is 14.2. The smallest absolute Gasteiger partial charge is 0.345 e. The van der Waals surface area contributed by atoms with Gasteiger partial charge in [-0.15, -0.1) is 11.3 Å². The van der Waals surface area contributed by atoms with E-state index >= 15 is 0 Å². The Bertz CT molecular complexity index is 393. The molecule has 5 nitrogen and oxygen atoms in total. The molecule has 2 heterocycles. The van der Waals surface area contributed by atoms with Gasteiger partial charge in [0.25, 0.3) is 0 Å². The number of thiophene rings is 1. The number of hydrogen-bond acceptors (Lipinski definition) is 5.